The molecule has 0 saturated heterocycles. The zero-order chi connectivity index (χ0) is 15.8. The number of aryl methyl sites for hydroxylation is 1. The van der Waals surface area contributed by atoms with Gasteiger partial charge in [-0.1, -0.05) is 45.0 Å². The van der Waals surface area contributed by atoms with Crippen molar-refractivity contribution >= 4 is 12.0 Å². The van der Waals surface area contributed by atoms with Crippen LogP contribution in [0.3, 0.4) is 0 Å². The highest BCUT2D eigenvalue weighted by Gasteiger charge is 2.17. The predicted molar refractivity (Wildman–Crippen MR) is 81.9 cm³/mol. The van der Waals surface area contributed by atoms with E-state index < -0.39 is 12.0 Å². The Morgan fingerprint density at radius 3 is 2.29 bits per heavy atom. The molecule has 0 spiro atoms. The number of hydrogen-bond acceptors (Lipinski definition) is 4. The highest BCUT2D eigenvalue weighted by atomic mass is 16.5. The summed E-state index contributed by atoms with van der Waals surface area (Å²) < 4.78 is 4.39. The molecule has 0 saturated carbocycles. The largest absolute Gasteiger partial charge is 0.453 e. The fraction of sp³-hybridized carbons (Fsp3) is 0.500. The van der Waals surface area contributed by atoms with Gasteiger partial charge in [-0.2, -0.15) is 0 Å². The summed E-state index contributed by atoms with van der Waals surface area (Å²) in [6.07, 6.45) is 0.261. The second-order valence-corrected chi connectivity index (χ2v) is 5.24. The van der Waals surface area contributed by atoms with Gasteiger partial charge in [0.2, 0.25) is 5.91 Å². The van der Waals surface area contributed by atoms with E-state index in [1.807, 2.05) is 0 Å². The Hall–Kier alpha value is -1.88. The van der Waals surface area contributed by atoms with Crippen molar-refractivity contribution in [2.45, 2.75) is 33.2 Å². The third-order valence-corrected chi connectivity index (χ3v) is 3.32. The molecule has 5 heteroatoms. The second kappa shape index (κ2) is 8.42. The topological polar surface area (TPSA) is 67.4 Å². The number of ether oxygens (including phenoxy) is 1. The van der Waals surface area contributed by atoms with Gasteiger partial charge >= 0.3 is 6.09 Å². The lowest BCUT2D eigenvalue weighted by molar-refractivity contribution is -0.119. The van der Waals surface area contributed by atoms with Gasteiger partial charge in [-0.15, -0.1) is 0 Å². The van der Waals surface area contributed by atoms with Crippen molar-refractivity contribution in [3.63, 3.8) is 0 Å². The van der Waals surface area contributed by atoms with Crippen LogP contribution in [0.2, 0.25) is 0 Å². The molecule has 116 valence electrons. The van der Waals surface area contributed by atoms with Gasteiger partial charge in [0, 0.05) is 6.04 Å². The molecule has 0 fully saturated rings. The van der Waals surface area contributed by atoms with Crippen molar-refractivity contribution in [3.8, 4) is 0 Å². The van der Waals surface area contributed by atoms with Crippen LogP contribution < -0.4 is 10.6 Å². The molecule has 0 aliphatic rings. The Kier molecular flexibility index (Phi) is 6.88. The summed E-state index contributed by atoms with van der Waals surface area (Å²) in [6.45, 7) is 6.35. The number of benzene rings is 1. The van der Waals surface area contributed by atoms with Gasteiger partial charge in [0.15, 0.2) is 0 Å². The van der Waals surface area contributed by atoms with Crippen molar-refractivity contribution in [3.05, 3.63) is 35.4 Å². The molecule has 0 heterocycles. The Morgan fingerprint density at radius 2 is 1.81 bits per heavy atom. The third kappa shape index (κ3) is 5.55. The number of nitrogens with one attached hydrogen (secondary N) is 2. The molecule has 21 heavy (non-hydrogen) atoms. The first-order chi connectivity index (χ1) is 9.97. The van der Waals surface area contributed by atoms with Crippen LogP contribution in [0.4, 0.5) is 4.79 Å². The lowest BCUT2D eigenvalue weighted by atomic mass is 9.95. The zero-order valence-corrected chi connectivity index (χ0v) is 13.1. The minimum absolute atomic E-state index is 0.0549. The summed E-state index contributed by atoms with van der Waals surface area (Å²) in [7, 11) is 1.22. The van der Waals surface area contributed by atoms with Gasteiger partial charge in [0.25, 0.3) is 0 Å². The van der Waals surface area contributed by atoms with Crippen molar-refractivity contribution in [2.75, 3.05) is 13.7 Å². The molecule has 0 aliphatic heterocycles. The van der Waals surface area contributed by atoms with E-state index >= 15 is 0 Å². The molecule has 2 N–H and O–H groups in total. The zero-order valence-electron chi connectivity index (χ0n) is 13.1. The molecule has 0 radical (unpaired) electrons. The van der Waals surface area contributed by atoms with Crippen LogP contribution in [0, 0.1) is 5.92 Å². The first kappa shape index (κ1) is 17.2. The van der Waals surface area contributed by atoms with Crippen LogP contribution in [0.15, 0.2) is 24.3 Å². The molecular formula is C16H24N2O3. The van der Waals surface area contributed by atoms with Gasteiger partial charge in [0.1, 0.15) is 0 Å². The van der Waals surface area contributed by atoms with Crippen LogP contribution in [0.1, 0.15) is 37.9 Å². The average molecular weight is 292 g/mol. The molecule has 0 unspecified atom stereocenters. The minimum atomic E-state index is -0.741. The van der Waals surface area contributed by atoms with E-state index in [2.05, 4.69) is 60.4 Å². The quantitative estimate of drug-likeness (QED) is 0.845. The lowest BCUT2D eigenvalue weighted by Gasteiger charge is -2.23. The lowest BCUT2D eigenvalue weighted by Crippen LogP contribution is -2.39. The van der Waals surface area contributed by atoms with E-state index in [0.717, 1.165) is 12.0 Å². The molecule has 1 atom stereocenters. The fourth-order valence-corrected chi connectivity index (χ4v) is 2.11. The molecule has 2 amide bonds. The average Bonchev–Trinajstić information content (AvgIpc) is 2.47. The minimum Gasteiger partial charge on any atom is -0.453 e. The number of imide groups is 1. The van der Waals surface area contributed by atoms with Gasteiger partial charge < -0.3 is 10.1 Å². The van der Waals surface area contributed by atoms with Gasteiger partial charge in [-0.05, 0) is 23.5 Å². The molecule has 0 aliphatic carbocycles. The molecule has 5 nitrogen and oxygen atoms in total. The molecular weight excluding hydrogens is 268 g/mol. The summed E-state index contributed by atoms with van der Waals surface area (Å²) in [6, 6.07) is 8.41. The Bertz CT molecular complexity index is 469. The number of amides is 2. The van der Waals surface area contributed by atoms with E-state index in [1.54, 1.807) is 0 Å². The Labute approximate surface area is 126 Å². The van der Waals surface area contributed by atoms with Crippen molar-refractivity contribution < 1.29 is 14.3 Å². The normalized spacial score (nSPS) is 12.0. The second-order valence-electron chi connectivity index (χ2n) is 5.24. The molecule has 0 bridgehead atoms. The van der Waals surface area contributed by atoms with Crippen molar-refractivity contribution in [1.82, 2.24) is 10.6 Å². The number of carbonyl (C=O) groups excluding carboxylic acids is 2. The number of alkyl carbamates (subject to hydrolysis) is 1. The fourth-order valence-electron chi connectivity index (χ4n) is 2.11. The molecule has 1 aromatic rings. The van der Waals surface area contributed by atoms with Gasteiger partial charge in [-0.3, -0.25) is 10.1 Å². The molecule has 0 aromatic heterocycles. The van der Waals surface area contributed by atoms with E-state index in [-0.39, 0.29) is 12.6 Å². The van der Waals surface area contributed by atoms with Crippen LogP contribution in [-0.4, -0.2) is 25.7 Å². The van der Waals surface area contributed by atoms with Crippen molar-refractivity contribution in [2.24, 2.45) is 5.92 Å². The van der Waals surface area contributed by atoms with Gasteiger partial charge in [-0.25, -0.2) is 4.79 Å². The van der Waals surface area contributed by atoms with E-state index in [9.17, 15) is 9.59 Å². The van der Waals surface area contributed by atoms with E-state index in [0.29, 0.717) is 5.92 Å². The summed E-state index contributed by atoms with van der Waals surface area (Å²) in [5, 5.41) is 5.31. The van der Waals surface area contributed by atoms with E-state index in [1.165, 1.54) is 12.7 Å². The number of carbonyl (C=O) groups is 2. The predicted octanol–water partition coefficient (Wildman–Crippen LogP) is 2.42. The van der Waals surface area contributed by atoms with Crippen LogP contribution in [-0.2, 0) is 16.0 Å². The smallest absolute Gasteiger partial charge is 0.413 e. The maximum Gasteiger partial charge on any atom is 0.413 e. The van der Waals surface area contributed by atoms with Crippen LogP contribution in [0.5, 0.6) is 0 Å². The molecule has 1 rings (SSSR count). The molecule has 1 aromatic carbocycles. The monoisotopic (exact) mass is 292 g/mol. The first-order valence-electron chi connectivity index (χ1n) is 7.18. The van der Waals surface area contributed by atoms with Gasteiger partial charge in [0.05, 0.1) is 13.7 Å². The third-order valence-electron chi connectivity index (χ3n) is 3.32. The Morgan fingerprint density at radius 1 is 1.19 bits per heavy atom. The highest BCUT2D eigenvalue weighted by Crippen LogP contribution is 2.21. The number of hydrogen-bond donors (Lipinski definition) is 2. The number of rotatable bonds is 6. The van der Waals surface area contributed by atoms with E-state index in [4.69, 9.17) is 0 Å². The summed E-state index contributed by atoms with van der Waals surface area (Å²) in [4.78, 5) is 22.6. The van der Waals surface area contributed by atoms with Crippen LogP contribution in [0.25, 0.3) is 0 Å². The maximum absolute atomic E-state index is 11.6. The highest BCUT2D eigenvalue weighted by molar-refractivity contribution is 5.92. The standard InChI is InChI=1S/C16H24N2O3/c1-5-12-6-8-13(9-7-12)15(11(2)3)17-10-14(19)18-16(20)21-4/h6-9,11,15,17H,5,10H2,1-4H3,(H,18,19,20)/t15-/m0/s1. The van der Waals surface area contributed by atoms with Crippen LogP contribution >= 0.6 is 0 Å². The first-order valence-corrected chi connectivity index (χ1v) is 7.18. The number of methoxy groups -OCH3 is 1. The maximum atomic E-state index is 11.6. The SMILES string of the molecule is CCc1ccc([C@@H](NCC(=O)NC(=O)OC)C(C)C)cc1. The summed E-state index contributed by atoms with van der Waals surface area (Å²) >= 11 is 0. The van der Waals surface area contributed by atoms with Crippen molar-refractivity contribution in [1.29, 1.82) is 0 Å². The summed E-state index contributed by atoms with van der Waals surface area (Å²) in [5.74, 6) is -0.0823. The summed E-state index contributed by atoms with van der Waals surface area (Å²) in [5.41, 5.74) is 2.41. The Balaban J connectivity index is 2.65.